The molecule has 0 aromatic carbocycles. The summed E-state index contributed by atoms with van der Waals surface area (Å²) < 4.78 is 4.31. The van der Waals surface area contributed by atoms with E-state index in [4.69, 9.17) is 77.8 Å². The average Bonchev–Trinajstić information content (AvgIpc) is 3.09. The van der Waals surface area contributed by atoms with Gasteiger partial charge in [-0.2, -0.15) is 0 Å². The fraction of sp³-hybridized carbons (Fsp3) is 0.812. The third kappa shape index (κ3) is 50.8. The number of hydrogen-bond acceptors (Lipinski definition) is 17. The van der Waals surface area contributed by atoms with Crippen LogP contribution < -0.4 is 57.3 Å². The van der Waals surface area contributed by atoms with Crippen molar-refractivity contribution in [3.8, 4) is 0 Å². The van der Waals surface area contributed by atoms with E-state index < -0.39 is 66.0 Å². The van der Waals surface area contributed by atoms with Crippen LogP contribution in [0.25, 0.3) is 0 Å². The van der Waals surface area contributed by atoms with Crippen LogP contribution in [0.2, 0.25) is 0 Å². The van der Waals surface area contributed by atoms with Crippen molar-refractivity contribution in [3.63, 3.8) is 0 Å². The molecule has 24 N–H and O–H groups in total. The van der Waals surface area contributed by atoms with Crippen LogP contribution in [0, 0.1) is 0 Å². The molecule has 316 valence electrons. The molecule has 21 heteroatoms. The first-order valence-corrected chi connectivity index (χ1v) is 17.7. The third-order valence-corrected chi connectivity index (χ3v) is 6.66. The summed E-state index contributed by atoms with van der Waals surface area (Å²) in [6, 6.07) is -3.58. The van der Waals surface area contributed by atoms with Crippen molar-refractivity contribution < 1.29 is 53.9 Å². The predicted octanol–water partition coefficient (Wildman–Crippen LogP) is -2.36. The van der Waals surface area contributed by atoms with Crippen LogP contribution in [0.15, 0.2) is 0 Å². The number of esters is 2. The molecule has 0 spiro atoms. The minimum Gasteiger partial charge on any atom is -0.480 e. The summed E-state index contributed by atoms with van der Waals surface area (Å²) in [6.45, 7) is 4.16. The largest absolute Gasteiger partial charge is 0.480 e. The third-order valence-electron chi connectivity index (χ3n) is 6.66. The van der Waals surface area contributed by atoms with E-state index in [0.717, 1.165) is 64.2 Å². The molecule has 0 saturated carbocycles. The van der Waals surface area contributed by atoms with Gasteiger partial charge in [-0.15, -0.1) is 0 Å². The van der Waals surface area contributed by atoms with Crippen LogP contribution in [-0.2, 0) is 33.5 Å². The Labute approximate surface area is 313 Å². The molecule has 0 amide bonds. The standard InChI is InChI=1S/C8H16N2O3.4C6H14N2O2/c1-6(11)13-8(12)7(10)4-2-3-5-9;4*7-4-2-1-3-5(8)6(9)10/h7H,2-5,9-10H2,1H3;4*5H,1-4,7-8H2,(H,9,10)/t7-;4*5-/m00000/s1. The molecular weight excluding hydrogens is 700 g/mol. The van der Waals surface area contributed by atoms with Gasteiger partial charge in [0.25, 0.3) is 0 Å². The van der Waals surface area contributed by atoms with Crippen LogP contribution in [0.4, 0.5) is 0 Å². The first-order valence-electron chi connectivity index (χ1n) is 17.7. The quantitative estimate of drug-likeness (QED) is 0.0262. The van der Waals surface area contributed by atoms with Gasteiger partial charge in [-0.1, -0.05) is 32.1 Å². The normalized spacial score (nSPS) is 12.8. The number of carboxylic acids is 4. The first-order chi connectivity index (χ1) is 24.8. The van der Waals surface area contributed by atoms with Crippen molar-refractivity contribution >= 4 is 35.8 Å². The summed E-state index contributed by atoms with van der Waals surface area (Å²) >= 11 is 0. The van der Waals surface area contributed by atoms with Gasteiger partial charge in [-0.05, 0) is 96.9 Å². The van der Waals surface area contributed by atoms with Crippen LogP contribution in [0.1, 0.15) is 103 Å². The molecule has 21 nitrogen and oxygen atoms in total. The molecule has 0 aromatic rings. The predicted molar refractivity (Wildman–Crippen MR) is 202 cm³/mol. The minimum atomic E-state index is -0.933. The Morgan fingerprint density at radius 3 is 0.736 bits per heavy atom. The number of carboxylic acid groups (broad SMARTS) is 4. The molecule has 0 unspecified atom stereocenters. The van der Waals surface area contributed by atoms with Crippen molar-refractivity contribution in [3.05, 3.63) is 0 Å². The van der Waals surface area contributed by atoms with Gasteiger partial charge >= 0.3 is 35.8 Å². The molecule has 53 heavy (non-hydrogen) atoms. The Morgan fingerprint density at radius 2 is 0.585 bits per heavy atom. The number of carbonyl (C=O) groups is 6. The lowest BCUT2D eigenvalue weighted by Crippen LogP contribution is -2.33. The van der Waals surface area contributed by atoms with Gasteiger partial charge < -0.3 is 82.5 Å². The second-order valence-corrected chi connectivity index (χ2v) is 11.7. The second-order valence-electron chi connectivity index (χ2n) is 11.7. The Hall–Kier alpha value is -3.38. The van der Waals surface area contributed by atoms with Crippen molar-refractivity contribution in [1.82, 2.24) is 0 Å². The van der Waals surface area contributed by atoms with Crippen molar-refractivity contribution in [2.45, 2.75) is 133 Å². The molecule has 0 rings (SSSR count). The Kier molecular flexibility index (Phi) is 47.8. The summed E-state index contributed by atoms with van der Waals surface area (Å²) in [4.78, 5) is 61.9. The zero-order valence-corrected chi connectivity index (χ0v) is 31.4. The molecule has 0 aliphatic carbocycles. The molecule has 0 aliphatic heterocycles. The van der Waals surface area contributed by atoms with Crippen molar-refractivity contribution in [2.75, 3.05) is 32.7 Å². The maximum atomic E-state index is 10.9. The van der Waals surface area contributed by atoms with Crippen LogP contribution in [-0.4, -0.2) is 119 Å². The summed E-state index contributed by atoms with van der Waals surface area (Å²) in [5.74, 6) is -5.02. The second kappa shape index (κ2) is 43.0. The van der Waals surface area contributed by atoms with Crippen LogP contribution >= 0.6 is 0 Å². The zero-order valence-electron chi connectivity index (χ0n) is 31.4. The van der Waals surface area contributed by atoms with E-state index in [-0.39, 0.29) is 0 Å². The van der Waals surface area contributed by atoms with E-state index in [9.17, 15) is 28.8 Å². The Morgan fingerprint density at radius 1 is 0.396 bits per heavy atom. The van der Waals surface area contributed by atoms with Gasteiger partial charge in [0.05, 0.1) is 0 Å². The fourth-order valence-electron chi connectivity index (χ4n) is 3.37. The number of aliphatic carboxylic acids is 4. The number of nitrogens with two attached hydrogens (primary N) is 10. The van der Waals surface area contributed by atoms with Gasteiger partial charge in [0.15, 0.2) is 0 Å². The minimum absolute atomic E-state index is 0.503. The van der Waals surface area contributed by atoms with Gasteiger partial charge in [0, 0.05) is 6.92 Å². The molecule has 0 aromatic heterocycles. The summed E-state index contributed by atoms with van der Waals surface area (Å²) in [5, 5.41) is 33.3. The Bertz CT molecular complexity index is 833. The lowest BCUT2D eigenvalue weighted by atomic mass is 10.1. The van der Waals surface area contributed by atoms with E-state index in [2.05, 4.69) is 4.74 Å². The first kappa shape index (κ1) is 58.9. The number of hydrogen-bond donors (Lipinski definition) is 14. The molecule has 0 heterocycles. The number of ether oxygens (including phenoxy) is 1. The summed E-state index contributed by atoms with van der Waals surface area (Å²) in [7, 11) is 0. The summed E-state index contributed by atoms with van der Waals surface area (Å²) in [5.41, 5.74) is 52.4. The highest BCUT2D eigenvalue weighted by molar-refractivity contribution is 5.87. The highest BCUT2D eigenvalue weighted by Crippen LogP contribution is 2.01. The maximum absolute atomic E-state index is 10.9. The highest BCUT2D eigenvalue weighted by Gasteiger charge is 2.16. The maximum Gasteiger partial charge on any atom is 0.330 e. The lowest BCUT2D eigenvalue weighted by Gasteiger charge is -2.08. The van der Waals surface area contributed by atoms with Gasteiger partial charge in [0.2, 0.25) is 0 Å². The highest BCUT2D eigenvalue weighted by atomic mass is 16.6. The average molecular weight is 773 g/mol. The molecule has 0 radical (unpaired) electrons. The Balaban J connectivity index is -0.000000182. The number of unbranched alkanes of at least 4 members (excludes halogenated alkanes) is 5. The smallest absolute Gasteiger partial charge is 0.330 e. The number of carbonyl (C=O) groups excluding carboxylic acids is 2. The van der Waals surface area contributed by atoms with Crippen LogP contribution in [0.5, 0.6) is 0 Å². The van der Waals surface area contributed by atoms with E-state index >= 15 is 0 Å². The fourth-order valence-corrected chi connectivity index (χ4v) is 3.37. The van der Waals surface area contributed by atoms with Gasteiger partial charge in [-0.25, -0.2) is 4.79 Å². The van der Waals surface area contributed by atoms with Gasteiger partial charge in [0.1, 0.15) is 30.2 Å². The molecule has 0 aliphatic rings. The van der Waals surface area contributed by atoms with Crippen LogP contribution in [0.3, 0.4) is 0 Å². The molecule has 5 atom stereocenters. The summed E-state index contributed by atoms with van der Waals surface area (Å²) in [6.07, 6.45) is 10.7. The molecule has 0 saturated heterocycles. The molecular formula is C32H72N10O11. The van der Waals surface area contributed by atoms with Crippen molar-refractivity contribution in [2.24, 2.45) is 57.3 Å². The van der Waals surface area contributed by atoms with E-state index in [0.29, 0.717) is 64.8 Å². The number of rotatable bonds is 25. The van der Waals surface area contributed by atoms with Gasteiger partial charge in [-0.3, -0.25) is 24.0 Å². The molecule has 0 bridgehead atoms. The topological polar surface area (TPSA) is 453 Å². The SMILES string of the molecule is CC(=O)OC(=O)[C@@H](N)CCCCN.NCCCC[C@H](N)C(=O)O.NCCCC[C@H](N)C(=O)O.NCCCC[C@H](N)C(=O)O.NCCCC[C@H](N)C(=O)O. The monoisotopic (exact) mass is 773 g/mol. The van der Waals surface area contributed by atoms with E-state index in [1.807, 2.05) is 0 Å². The van der Waals surface area contributed by atoms with E-state index in [1.165, 1.54) is 6.92 Å². The molecule has 0 fully saturated rings. The lowest BCUT2D eigenvalue weighted by molar-refractivity contribution is -0.159. The van der Waals surface area contributed by atoms with Crippen molar-refractivity contribution in [1.29, 1.82) is 0 Å². The van der Waals surface area contributed by atoms with E-state index in [1.54, 1.807) is 0 Å². The zero-order chi connectivity index (χ0) is 42.2.